The summed E-state index contributed by atoms with van der Waals surface area (Å²) in [5.41, 5.74) is 9.76. The first kappa shape index (κ1) is 14.1. The van der Waals surface area contributed by atoms with Crippen molar-refractivity contribution in [1.82, 2.24) is 0 Å². The molecule has 0 aliphatic carbocycles. The molecule has 0 aromatic heterocycles. The SMILES string of the molecule is CSCCC(C)N(C)c1cc2c(cc1N)CC(=O)N2. The molecule has 1 aliphatic heterocycles. The van der Waals surface area contributed by atoms with Gasteiger partial charge in [-0.1, -0.05) is 0 Å². The number of anilines is 3. The summed E-state index contributed by atoms with van der Waals surface area (Å²) in [4.78, 5) is 13.6. The van der Waals surface area contributed by atoms with Gasteiger partial charge >= 0.3 is 0 Å². The lowest BCUT2D eigenvalue weighted by Gasteiger charge is -2.28. The van der Waals surface area contributed by atoms with Gasteiger partial charge in [-0.05, 0) is 43.0 Å². The van der Waals surface area contributed by atoms with Crippen LogP contribution in [0.3, 0.4) is 0 Å². The van der Waals surface area contributed by atoms with Crippen LogP contribution in [0.4, 0.5) is 17.1 Å². The molecule has 5 heteroatoms. The average Bonchev–Trinajstić information content (AvgIpc) is 2.73. The van der Waals surface area contributed by atoms with E-state index in [1.54, 1.807) is 0 Å². The van der Waals surface area contributed by atoms with Crippen molar-refractivity contribution < 1.29 is 4.79 Å². The van der Waals surface area contributed by atoms with Gasteiger partial charge in [0.1, 0.15) is 0 Å². The second-order valence-electron chi connectivity index (χ2n) is 5.03. The van der Waals surface area contributed by atoms with Gasteiger partial charge in [-0.25, -0.2) is 0 Å². The number of amides is 1. The lowest BCUT2D eigenvalue weighted by molar-refractivity contribution is -0.115. The lowest BCUT2D eigenvalue weighted by Crippen LogP contribution is -2.30. The Morgan fingerprint density at radius 2 is 2.26 bits per heavy atom. The van der Waals surface area contributed by atoms with E-state index >= 15 is 0 Å². The van der Waals surface area contributed by atoms with Gasteiger partial charge in [-0.15, -0.1) is 0 Å². The fourth-order valence-corrected chi connectivity index (χ4v) is 2.88. The highest BCUT2D eigenvalue weighted by Gasteiger charge is 2.21. The zero-order chi connectivity index (χ0) is 14.0. The molecule has 104 valence electrons. The molecule has 3 N–H and O–H groups in total. The highest BCUT2D eigenvalue weighted by molar-refractivity contribution is 7.98. The fourth-order valence-electron chi connectivity index (χ4n) is 2.31. The Labute approximate surface area is 118 Å². The predicted molar refractivity (Wildman–Crippen MR) is 84.1 cm³/mol. The lowest BCUT2D eigenvalue weighted by atomic mass is 10.1. The molecule has 0 radical (unpaired) electrons. The van der Waals surface area contributed by atoms with Crippen LogP contribution in [0.25, 0.3) is 0 Å². The molecule has 0 saturated heterocycles. The second-order valence-corrected chi connectivity index (χ2v) is 6.02. The molecule has 0 fully saturated rings. The van der Waals surface area contributed by atoms with Crippen molar-refractivity contribution in [1.29, 1.82) is 0 Å². The van der Waals surface area contributed by atoms with E-state index in [0.717, 1.165) is 34.8 Å². The second kappa shape index (κ2) is 5.74. The van der Waals surface area contributed by atoms with E-state index in [2.05, 4.69) is 30.4 Å². The van der Waals surface area contributed by atoms with Crippen LogP contribution in [0.2, 0.25) is 0 Å². The highest BCUT2D eigenvalue weighted by Crippen LogP contribution is 2.34. The van der Waals surface area contributed by atoms with Crippen LogP contribution >= 0.6 is 11.8 Å². The molecule has 1 aromatic rings. The molecular formula is C14H21N3OS. The Bertz CT molecular complexity index is 490. The van der Waals surface area contributed by atoms with E-state index in [0.29, 0.717) is 12.5 Å². The minimum atomic E-state index is 0.0460. The summed E-state index contributed by atoms with van der Waals surface area (Å²) in [6.45, 7) is 2.20. The van der Waals surface area contributed by atoms with E-state index in [-0.39, 0.29) is 5.91 Å². The maximum absolute atomic E-state index is 11.4. The third kappa shape index (κ3) is 2.97. The largest absolute Gasteiger partial charge is 0.397 e. The van der Waals surface area contributed by atoms with E-state index in [1.165, 1.54) is 0 Å². The van der Waals surface area contributed by atoms with Gasteiger partial charge in [-0.2, -0.15) is 11.8 Å². The molecule has 0 spiro atoms. The maximum atomic E-state index is 11.4. The number of fused-ring (bicyclic) bond motifs is 1. The summed E-state index contributed by atoms with van der Waals surface area (Å²) < 4.78 is 0. The summed E-state index contributed by atoms with van der Waals surface area (Å²) in [6, 6.07) is 4.33. The first-order chi connectivity index (χ1) is 9.02. The zero-order valence-corrected chi connectivity index (χ0v) is 12.5. The Morgan fingerprint density at radius 3 is 2.95 bits per heavy atom. The number of nitrogens with two attached hydrogens (primary N) is 1. The third-order valence-corrected chi connectivity index (χ3v) is 4.30. The summed E-state index contributed by atoms with van der Waals surface area (Å²) >= 11 is 1.85. The highest BCUT2D eigenvalue weighted by atomic mass is 32.2. The number of nitrogens with one attached hydrogen (secondary N) is 1. The van der Waals surface area contributed by atoms with Gasteiger partial charge < -0.3 is 16.0 Å². The molecule has 1 aliphatic rings. The quantitative estimate of drug-likeness (QED) is 0.812. The van der Waals surface area contributed by atoms with Crippen LogP contribution in [0, 0.1) is 0 Å². The van der Waals surface area contributed by atoms with E-state index in [9.17, 15) is 4.79 Å². The topological polar surface area (TPSA) is 58.4 Å². The van der Waals surface area contributed by atoms with Crippen molar-refractivity contribution >= 4 is 34.7 Å². The van der Waals surface area contributed by atoms with Crippen molar-refractivity contribution in [3.8, 4) is 0 Å². The van der Waals surface area contributed by atoms with Crippen molar-refractivity contribution in [3.05, 3.63) is 17.7 Å². The van der Waals surface area contributed by atoms with E-state index in [1.807, 2.05) is 23.9 Å². The molecule has 2 rings (SSSR count). The van der Waals surface area contributed by atoms with Crippen LogP contribution in [0.15, 0.2) is 12.1 Å². The molecule has 4 nitrogen and oxygen atoms in total. The van der Waals surface area contributed by atoms with Gasteiger partial charge in [0, 0.05) is 18.8 Å². The number of nitrogens with zero attached hydrogens (tertiary/aromatic N) is 1. The van der Waals surface area contributed by atoms with Gasteiger partial charge in [0.05, 0.1) is 17.8 Å². The number of hydrogen-bond acceptors (Lipinski definition) is 4. The Kier molecular flexibility index (Phi) is 4.24. The van der Waals surface area contributed by atoms with Crippen LogP contribution in [0.1, 0.15) is 18.9 Å². The summed E-state index contributed by atoms with van der Waals surface area (Å²) in [5, 5.41) is 2.88. The minimum Gasteiger partial charge on any atom is -0.397 e. The molecule has 19 heavy (non-hydrogen) atoms. The molecule has 1 amide bonds. The predicted octanol–water partition coefficient (Wildman–Crippen LogP) is 2.34. The Hall–Kier alpha value is -1.36. The fraction of sp³-hybridized carbons (Fsp3) is 0.500. The number of benzene rings is 1. The smallest absolute Gasteiger partial charge is 0.228 e. The van der Waals surface area contributed by atoms with Crippen LogP contribution in [0.5, 0.6) is 0 Å². The average molecular weight is 279 g/mol. The molecule has 0 saturated carbocycles. The Morgan fingerprint density at radius 1 is 1.53 bits per heavy atom. The number of carbonyl (C=O) groups is 1. The van der Waals surface area contributed by atoms with Gasteiger partial charge in [-0.3, -0.25) is 4.79 Å². The first-order valence-corrected chi connectivity index (χ1v) is 7.86. The molecule has 1 unspecified atom stereocenters. The number of nitrogen functional groups attached to an aromatic ring is 1. The van der Waals surface area contributed by atoms with E-state index in [4.69, 9.17) is 5.73 Å². The van der Waals surface area contributed by atoms with Gasteiger partial charge in [0.15, 0.2) is 0 Å². The molecule has 1 aromatic carbocycles. The van der Waals surface area contributed by atoms with Crippen LogP contribution < -0.4 is 16.0 Å². The standard InChI is InChI=1S/C14H21N3OS/c1-9(4-5-19-3)17(2)13-8-12-10(6-11(13)15)7-14(18)16-12/h6,8-9H,4-5,7,15H2,1-3H3,(H,16,18). The number of thioether (sulfide) groups is 1. The van der Waals surface area contributed by atoms with E-state index < -0.39 is 0 Å². The van der Waals surface area contributed by atoms with Crippen molar-refractivity contribution in [2.75, 3.05) is 35.0 Å². The monoisotopic (exact) mass is 279 g/mol. The summed E-state index contributed by atoms with van der Waals surface area (Å²) in [7, 11) is 2.06. The number of carbonyl (C=O) groups excluding carboxylic acids is 1. The molecule has 0 bridgehead atoms. The maximum Gasteiger partial charge on any atom is 0.228 e. The van der Waals surface area contributed by atoms with Gasteiger partial charge in [0.2, 0.25) is 5.91 Å². The summed E-state index contributed by atoms with van der Waals surface area (Å²) in [5.74, 6) is 1.18. The Balaban J connectivity index is 2.21. The minimum absolute atomic E-state index is 0.0460. The molecular weight excluding hydrogens is 258 g/mol. The van der Waals surface area contributed by atoms with Crippen molar-refractivity contribution in [2.45, 2.75) is 25.8 Å². The van der Waals surface area contributed by atoms with Crippen LogP contribution in [-0.2, 0) is 11.2 Å². The first-order valence-electron chi connectivity index (χ1n) is 6.47. The van der Waals surface area contributed by atoms with Crippen LogP contribution in [-0.4, -0.2) is 31.0 Å². The zero-order valence-electron chi connectivity index (χ0n) is 11.7. The van der Waals surface area contributed by atoms with Crippen molar-refractivity contribution in [2.24, 2.45) is 0 Å². The number of rotatable bonds is 5. The normalized spacial score (nSPS) is 15.0. The molecule has 1 heterocycles. The van der Waals surface area contributed by atoms with Crippen molar-refractivity contribution in [3.63, 3.8) is 0 Å². The summed E-state index contributed by atoms with van der Waals surface area (Å²) in [6.07, 6.45) is 3.66. The van der Waals surface area contributed by atoms with Gasteiger partial charge in [0.25, 0.3) is 0 Å². The molecule has 1 atom stereocenters. The third-order valence-electron chi connectivity index (χ3n) is 3.66. The number of hydrogen-bond donors (Lipinski definition) is 2.